The van der Waals surface area contributed by atoms with Gasteiger partial charge >= 0.3 is 0 Å². The van der Waals surface area contributed by atoms with E-state index in [-0.39, 0.29) is 12.2 Å². The van der Waals surface area contributed by atoms with Gasteiger partial charge in [-0.2, -0.15) is 5.26 Å². The molecule has 5 nitrogen and oxygen atoms in total. The molecule has 0 saturated carbocycles. The molecule has 1 amide bonds. The van der Waals surface area contributed by atoms with Crippen molar-refractivity contribution >= 4 is 40.9 Å². The lowest BCUT2D eigenvalue weighted by molar-refractivity contribution is -0.112. The highest BCUT2D eigenvalue weighted by molar-refractivity contribution is 6.42. The van der Waals surface area contributed by atoms with Gasteiger partial charge in [0.05, 0.1) is 10.0 Å². The van der Waals surface area contributed by atoms with E-state index >= 15 is 0 Å². The second kappa shape index (κ2) is 10.0. The van der Waals surface area contributed by atoms with Crippen LogP contribution in [0.15, 0.2) is 64.6 Å². The second-order valence-corrected chi connectivity index (χ2v) is 7.12. The lowest BCUT2D eigenvalue weighted by atomic mass is 10.1. The van der Waals surface area contributed by atoms with Crippen LogP contribution < -0.4 is 10.1 Å². The fourth-order valence-electron chi connectivity index (χ4n) is 2.70. The Labute approximate surface area is 184 Å². The first-order valence-electron chi connectivity index (χ1n) is 9.17. The number of aryl methyl sites for hydroxylation is 1. The lowest BCUT2D eigenvalue weighted by Crippen LogP contribution is -2.14. The maximum atomic E-state index is 12.5. The molecule has 0 unspecified atom stereocenters. The normalized spacial score (nSPS) is 11.1. The fraction of sp³-hybridized carbons (Fsp3) is 0.130. The van der Waals surface area contributed by atoms with Crippen molar-refractivity contribution in [1.82, 2.24) is 0 Å². The Bertz CT molecular complexity index is 1130. The molecule has 7 heteroatoms. The third-order valence-corrected chi connectivity index (χ3v) is 4.99. The zero-order valence-corrected chi connectivity index (χ0v) is 17.6. The molecule has 0 atom stereocenters. The molecule has 0 bridgehead atoms. The van der Waals surface area contributed by atoms with E-state index in [2.05, 4.69) is 5.32 Å². The maximum Gasteiger partial charge on any atom is 0.266 e. The predicted molar refractivity (Wildman–Crippen MR) is 118 cm³/mol. The van der Waals surface area contributed by atoms with E-state index in [0.717, 1.165) is 12.0 Å². The summed E-state index contributed by atoms with van der Waals surface area (Å²) in [5.74, 6) is 0.951. The average molecular weight is 441 g/mol. The Morgan fingerprint density at radius 2 is 1.97 bits per heavy atom. The Morgan fingerprint density at radius 3 is 2.70 bits per heavy atom. The van der Waals surface area contributed by atoms with Gasteiger partial charge in [0.1, 0.15) is 35.5 Å². The van der Waals surface area contributed by atoms with Crippen molar-refractivity contribution in [2.24, 2.45) is 0 Å². The number of furan rings is 1. The molecule has 0 saturated heterocycles. The molecular formula is C23H18Cl2N2O3. The molecule has 0 aliphatic carbocycles. The number of amides is 1. The summed E-state index contributed by atoms with van der Waals surface area (Å²) in [5, 5.41) is 13.0. The molecule has 0 aliphatic heterocycles. The molecule has 3 rings (SSSR count). The van der Waals surface area contributed by atoms with E-state index in [0.29, 0.717) is 33.0 Å². The summed E-state index contributed by atoms with van der Waals surface area (Å²) in [6.45, 7) is 2.15. The van der Waals surface area contributed by atoms with Crippen LogP contribution in [-0.4, -0.2) is 5.91 Å². The summed E-state index contributed by atoms with van der Waals surface area (Å²) in [5.41, 5.74) is 1.61. The van der Waals surface area contributed by atoms with Crippen LogP contribution in [0, 0.1) is 11.3 Å². The largest absolute Gasteiger partial charge is 0.486 e. The minimum Gasteiger partial charge on any atom is -0.486 e. The highest BCUT2D eigenvalue weighted by atomic mass is 35.5. The van der Waals surface area contributed by atoms with Crippen molar-refractivity contribution in [2.75, 3.05) is 5.32 Å². The summed E-state index contributed by atoms with van der Waals surface area (Å²) in [6.07, 6.45) is 2.16. The van der Waals surface area contributed by atoms with Gasteiger partial charge in [-0.1, -0.05) is 48.3 Å². The number of ether oxygens (including phenoxy) is 1. The van der Waals surface area contributed by atoms with Gasteiger partial charge < -0.3 is 14.5 Å². The molecule has 0 fully saturated rings. The zero-order chi connectivity index (χ0) is 21.5. The Hall–Kier alpha value is -3.20. The Kier molecular flexibility index (Phi) is 7.18. The van der Waals surface area contributed by atoms with Crippen molar-refractivity contribution in [2.45, 2.75) is 20.0 Å². The molecule has 1 N–H and O–H groups in total. The van der Waals surface area contributed by atoms with Crippen LogP contribution in [0.5, 0.6) is 5.75 Å². The third-order valence-electron chi connectivity index (χ3n) is 4.25. The number of anilines is 1. The molecule has 30 heavy (non-hydrogen) atoms. The van der Waals surface area contributed by atoms with Crippen LogP contribution in [0.4, 0.5) is 5.69 Å². The van der Waals surface area contributed by atoms with E-state index in [1.807, 2.05) is 31.2 Å². The van der Waals surface area contributed by atoms with E-state index in [1.54, 1.807) is 36.4 Å². The standard InChI is InChI=1S/C23H18Cl2N2O3/c1-2-15-5-3-4-6-22(15)27-23(28)16(13-26)11-18-7-8-19(30-18)14-29-17-9-10-20(24)21(25)12-17/h3-12H,2,14H2,1H3,(H,27,28)/b16-11-. The molecular weight excluding hydrogens is 423 g/mol. The van der Waals surface area contributed by atoms with Crippen LogP contribution in [0.2, 0.25) is 10.0 Å². The number of nitrogens with one attached hydrogen (secondary N) is 1. The molecule has 0 aliphatic rings. The lowest BCUT2D eigenvalue weighted by Gasteiger charge is -2.08. The van der Waals surface area contributed by atoms with Gasteiger partial charge in [0.25, 0.3) is 5.91 Å². The molecule has 1 heterocycles. The zero-order valence-electron chi connectivity index (χ0n) is 16.1. The number of nitriles is 1. The number of para-hydroxylation sites is 1. The van der Waals surface area contributed by atoms with Crippen LogP contribution in [0.1, 0.15) is 24.0 Å². The quantitative estimate of drug-likeness (QED) is 0.346. The molecule has 1 aromatic heterocycles. The van der Waals surface area contributed by atoms with Gasteiger partial charge in [0.15, 0.2) is 0 Å². The first kappa shape index (κ1) is 21.5. The van der Waals surface area contributed by atoms with Crippen molar-refractivity contribution < 1.29 is 13.9 Å². The van der Waals surface area contributed by atoms with Gasteiger partial charge in [0, 0.05) is 17.8 Å². The van der Waals surface area contributed by atoms with Crippen molar-refractivity contribution in [3.63, 3.8) is 0 Å². The summed E-state index contributed by atoms with van der Waals surface area (Å²) in [7, 11) is 0. The Balaban J connectivity index is 1.67. The second-order valence-electron chi connectivity index (χ2n) is 6.30. The maximum absolute atomic E-state index is 12.5. The van der Waals surface area contributed by atoms with Gasteiger partial charge in [-0.25, -0.2) is 0 Å². The topological polar surface area (TPSA) is 75.3 Å². The van der Waals surface area contributed by atoms with Crippen molar-refractivity contribution in [3.05, 3.63) is 87.3 Å². The van der Waals surface area contributed by atoms with E-state index in [4.69, 9.17) is 32.4 Å². The van der Waals surface area contributed by atoms with Crippen LogP contribution >= 0.6 is 23.2 Å². The predicted octanol–water partition coefficient (Wildman–Crippen LogP) is 6.27. The smallest absolute Gasteiger partial charge is 0.266 e. The molecule has 152 valence electrons. The Morgan fingerprint density at radius 1 is 1.17 bits per heavy atom. The van der Waals surface area contributed by atoms with Crippen molar-refractivity contribution in [3.8, 4) is 11.8 Å². The minimum absolute atomic E-state index is 0.0628. The number of hydrogen-bond acceptors (Lipinski definition) is 4. The van der Waals surface area contributed by atoms with Gasteiger partial charge in [-0.15, -0.1) is 0 Å². The SMILES string of the molecule is CCc1ccccc1NC(=O)/C(C#N)=C\c1ccc(COc2ccc(Cl)c(Cl)c2)o1. The van der Waals surface area contributed by atoms with Gasteiger partial charge in [-0.05, 0) is 42.3 Å². The number of carbonyl (C=O) groups excluding carboxylic acids is 1. The highest BCUT2D eigenvalue weighted by Crippen LogP contribution is 2.27. The third kappa shape index (κ3) is 5.44. The number of carbonyl (C=O) groups is 1. The van der Waals surface area contributed by atoms with E-state index < -0.39 is 5.91 Å². The number of hydrogen-bond donors (Lipinski definition) is 1. The van der Waals surface area contributed by atoms with Gasteiger partial charge in [0.2, 0.25) is 0 Å². The summed E-state index contributed by atoms with van der Waals surface area (Å²) in [4.78, 5) is 12.5. The minimum atomic E-state index is -0.497. The van der Waals surface area contributed by atoms with Gasteiger partial charge in [-0.3, -0.25) is 4.79 Å². The average Bonchev–Trinajstić information content (AvgIpc) is 3.20. The highest BCUT2D eigenvalue weighted by Gasteiger charge is 2.13. The number of halogens is 2. The molecule has 3 aromatic rings. The number of benzene rings is 2. The monoisotopic (exact) mass is 440 g/mol. The molecule has 0 radical (unpaired) electrons. The summed E-state index contributed by atoms with van der Waals surface area (Å²) >= 11 is 11.9. The molecule has 0 spiro atoms. The van der Waals surface area contributed by atoms with Crippen molar-refractivity contribution in [1.29, 1.82) is 5.26 Å². The number of rotatable bonds is 7. The van der Waals surface area contributed by atoms with Crippen LogP contribution in [0.3, 0.4) is 0 Å². The molecule has 2 aromatic carbocycles. The van der Waals surface area contributed by atoms with Crippen LogP contribution in [-0.2, 0) is 17.8 Å². The fourth-order valence-corrected chi connectivity index (χ4v) is 2.99. The summed E-state index contributed by atoms with van der Waals surface area (Å²) in [6, 6.07) is 17.7. The first-order chi connectivity index (χ1) is 14.5. The number of nitrogens with zero attached hydrogens (tertiary/aromatic N) is 1. The first-order valence-corrected chi connectivity index (χ1v) is 9.93. The van der Waals surface area contributed by atoms with E-state index in [9.17, 15) is 10.1 Å². The summed E-state index contributed by atoms with van der Waals surface area (Å²) < 4.78 is 11.3. The van der Waals surface area contributed by atoms with Crippen LogP contribution in [0.25, 0.3) is 6.08 Å². The van der Waals surface area contributed by atoms with E-state index in [1.165, 1.54) is 6.08 Å².